The summed E-state index contributed by atoms with van der Waals surface area (Å²) < 4.78 is 5.23. The first-order valence-electron chi connectivity index (χ1n) is 9.46. The fraction of sp³-hybridized carbons (Fsp3) is 0.579. The topological polar surface area (TPSA) is 97.0 Å². The van der Waals surface area contributed by atoms with Crippen LogP contribution in [0.1, 0.15) is 67.2 Å². The van der Waals surface area contributed by atoms with Crippen LogP contribution in [0.3, 0.4) is 0 Å². The fourth-order valence-corrected chi connectivity index (χ4v) is 4.90. The van der Waals surface area contributed by atoms with Gasteiger partial charge in [0.2, 0.25) is 11.1 Å². The molecule has 2 aromatic heterocycles. The molecule has 2 aromatic rings. The third kappa shape index (κ3) is 4.75. The van der Waals surface area contributed by atoms with Crippen LogP contribution < -0.4 is 5.32 Å². The predicted molar refractivity (Wildman–Crippen MR) is 111 cm³/mol. The lowest BCUT2D eigenvalue weighted by Gasteiger charge is -2.12. The normalized spacial score (nSPS) is 13.9. The molecule has 0 bridgehead atoms. The highest BCUT2D eigenvalue weighted by Gasteiger charge is 2.27. The zero-order valence-corrected chi connectivity index (χ0v) is 18.3. The third-order valence-corrected chi connectivity index (χ3v) is 6.47. The van der Waals surface area contributed by atoms with Crippen molar-refractivity contribution in [3.63, 3.8) is 0 Å². The number of aromatic amines is 1. The third-order valence-electron chi connectivity index (χ3n) is 4.41. The van der Waals surface area contributed by atoms with Crippen LogP contribution in [0.15, 0.2) is 5.16 Å². The number of rotatable bonds is 6. The molecule has 0 aliphatic heterocycles. The molecule has 28 heavy (non-hydrogen) atoms. The lowest BCUT2D eigenvalue weighted by Crippen LogP contribution is -2.17. The summed E-state index contributed by atoms with van der Waals surface area (Å²) in [6.07, 6.45) is 3.97. The number of amides is 1. The molecule has 7 nitrogen and oxygen atoms in total. The molecule has 0 saturated heterocycles. The molecule has 0 unspecified atom stereocenters. The number of nitrogens with zero attached hydrogens (tertiary/aromatic N) is 2. The lowest BCUT2D eigenvalue weighted by atomic mass is 9.95. The Bertz CT molecular complexity index is 867. The molecule has 0 spiro atoms. The first kappa shape index (κ1) is 20.9. The van der Waals surface area contributed by atoms with Crippen LogP contribution in [0, 0.1) is 0 Å². The SMILES string of the molecule is CCOC(=O)c1c(NC(=O)CSc2n[nH]c(C(C)(C)C)n2)sc2c1CCCC2. The van der Waals surface area contributed by atoms with Gasteiger partial charge in [0.15, 0.2) is 0 Å². The van der Waals surface area contributed by atoms with Gasteiger partial charge < -0.3 is 10.1 Å². The molecule has 0 aromatic carbocycles. The van der Waals surface area contributed by atoms with Crippen molar-refractivity contribution < 1.29 is 14.3 Å². The Labute approximate surface area is 173 Å². The fourth-order valence-electron chi connectivity index (χ4n) is 3.01. The van der Waals surface area contributed by atoms with Gasteiger partial charge in [0.25, 0.3) is 0 Å². The van der Waals surface area contributed by atoms with E-state index in [4.69, 9.17) is 4.74 Å². The van der Waals surface area contributed by atoms with E-state index in [1.54, 1.807) is 6.92 Å². The van der Waals surface area contributed by atoms with Crippen molar-refractivity contribution in [3.05, 3.63) is 21.8 Å². The number of hydrogen-bond donors (Lipinski definition) is 2. The zero-order valence-electron chi connectivity index (χ0n) is 16.7. The van der Waals surface area contributed by atoms with Crippen LogP contribution in [0.2, 0.25) is 0 Å². The molecule has 0 fully saturated rings. The first-order chi connectivity index (χ1) is 13.3. The number of anilines is 1. The maximum Gasteiger partial charge on any atom is 0.341 e. The molecule has 0 atom stereocenters. The minimum Gasteiger partial charge on any atom is -0.462 e. The molecule has 1 amide bonds. The number of hydrogen-bond acceptors (Lipinski definition) is 7. The number of carbonyl (C=O) groups excluding carboxylic acids is 2. The van der Waals surface area contributed by atoms with Crippen LogP contribution in [0.25, 0.3) is 0 Å². The number of nitrogens with one attached hydrogen (secondary N) is 2. The Kier molecular flexibility index (Phi) is 6.44. The van der Waals surface area contributed by atoms with Crippen LogP contribution in [0.4, 0.5) is 5.00 Å². The number of esters is 1. The number of aryl methyl sites for hydroxylation is 1. The molecular weight excluding hydrogens is 396 g/mol. The van der Waals surface area contributed by atoms with Crippen molar-refractivity contribution in [3.8, 4) is 0 Å². The van der Waals surface area contributed by atoms with Gasteiger partial charge in [0, 0.05) is 10.3 Å². The van der Waals surface area contributed by atoms with Crippen molar-refractivity contribution >= 4 is 40.0 Å². The molecule has 0 radical (unpaired) electrons. The summed E-state index contributed by atoms with van der Waals surface area (Å²) in [6, 6.07) is 0. The molecule has 2 N–H and O–H groups in total. The molecule has 9 heteroatoms. The van der Waals surface area contributed by atoms with Crippen molar-refractivity contribution in [1.29, 1.82) is 0 Å². The Balaban J connectivity index is 1.69. The van der Waals surface area contributed by atoms with Crippen LogP contribution in [-0.2, 0) is 27.8 Å². The van der Waals surface area contributed by atoms with Gasteiger partial charge in [-0.2, -0.15) is 0 Å². The van der Waals surface area contributed by atoms with E-state index in [1.807, 2.05) is 20.8 Å². The predicted octanol–water partition coefficient (Wildman–Crippen LogP) is 3.95. The average molecular weight is 423 g/mol. The van der Waals surface area contributed by atoms with Gasteiger partial charge in [-0.05, 0) is 38.2 Å². The van der Waals surface area contributed by atoms with Crippen molar-refractivity contribution in [2.45, 2.75) is 63.9 Å². The Morgan fingerprint density at radius 1 is 1.29 bits per heavy atom. The van der Waals surface area contributed by atoms with E-state index in [2.05, 4.69) is 20.5 Å². The Hall–Kier alpha value is -1.87. The minimum atomic E-state index is -0.353. The lowest BCUT2D eigenvalue weighted by molar-refractivity contribution is -0.113. The Morgan fingerprint density at radius 2 is 2.04 bits per heavy atom. The second-order valence-electron chi connectivity index (χ2n) is 7.69. The summed E-state index contributed by atoms with van der Waals surface area (Å²) >= 11 is 2.76. The summed E-state index contributed by atoms with van der Waals surface area (Å²) in [5.74, 6) is 0.419. The second-order valence-corrected chi connectivity index (χ2v) is 9.74. The molecule has 1 aliphatic rings. The van der Waals surface area contributed by atoms with Gasteiger partial charge in [0.1, 0.15) is 10.8 Å². The van der Waals surface area contributed by atoms with Crippen LogP contribution in [0.5, 0.6) is 0 Å². The maximum atomic E-state index is 12.5. The number of carbonyl (C=O) groups is 2. The second kappa shape index (κ2) is 8.65. The van der Waals surface area contributed by atoms with Gasteiger partial charge in [-0.3, -0.25) is 9.89 Å². The van der Waals surface area contributed by atoms with E-state index < -0.39 is 0 Å². The molecule has 152 valence electrons. The quantitative estimate of drug-likeness (QED) is 0.540. The zero-order chi connectivity index (χ0) is 20.3. The largest absolute Gasteiger partial charge is 0.462 e. The van der Waals surface area contributed by atoms with E-state index in [0.717, 1.165) is 37.1 Å². The van der Waals surface area contributed by atoms with E-state index in [9.17, 15) is 9.59 Å². The van der Waals surface area contributed by atoms with Gasteiger partial charge >= 0.3 is 5.97 Å². The highest BCUT2D eigenvalue weighted by molar-refractivity contribution is 7.99. The summed E-state index contributed by atoms with van der Waals surface area (Å²) in [7, 11) is 0. The first-order valence-corrected chi connectivity index (χ1v) is 11.3. The highest BCUT2D eigenvalue weighted by atomic mass is 32.2. The van der Waals surface area contributed by atoms with Gasteiger partial charge in [0.05, 0.1) is 17.9 Å². The van der Waals surface area contributed by atoms with Crippen molar-refractivity contribution in [2.24, 2.45) is 0 Å². The standard InChI is InChI=1S/C19H26N4O3S2/c1-5-26-16(25)14-11-8-6-7-9-12(11)28-15(14)20-13(24)10-27-18-21-17(22-23-18)19(2,3)4/h5-10H2,1-4H3,(H,20,24)(H,21,22,23). The van der Waals surface area contributed by atoms with Gasteiger partial charge in [-0.25, -0.2) is 9.78 Å². The molecule has 3 rings (SSSR count). The van der Waals surface area contributed by atoms with Gasteiger partial charge in [-0.15, -0.1) is 16.4 Å². The van der Waals surface area contributed by atoms with Crippen LogP contribution >= 0.6 is 23.1 Å². The highest BCUT2D eigenvalue weighted by Crippen LogP contribution is 2.38. The van der Waals surface area contributed by atoms with Gasteiger partial charge in [-0.1, -0.05) is 32.5 Å². The number of H-pyrrole nitrogens is 1. The van der Waals surface area contributed by atoms with Crippen LogP contribution in [-0.4, -0.2) is 39.4 Å². The maximum absolute atomic E-state index is 12.5. The number of thioether (sulfide) groups is 1. The molecule has 1 aliphatic carbocycles. The summed E-state index contributed by atoms with van der Waals surface area (Å²) in [5, 5.41) is 11.1. The Morgan fingerprint density at radius 3 is 2.71 bits per heavy atom. The number of ether oxygens (including phenoxy) is 1. The summed E-state index contributed by atoms with van der Waals surface area (Å²) in [6.45, 7) is 8.24. The van der Waals surface area contributed by atoms with Crippen molar-refractivity contribution in [1.82, 2.24) is 15.2 Å². The monoisotopic (exact) mass is 422 g/mol. The average Bonchev–Trinajstić information content (AvgIpc) is 3.24. The smallest absolute Gasteiger partial charge is 0.341 e. The summed E-state index contributed by atoms with van der Waals surface area (Å²) in [4.78, 5) is 30.6. The van der Waals surface area contributed by atoms with Crippen molar-refractivity contribution in [2.75, 3.05) is 17.7 Å². The molecule has 2 heterocycles. The molecule has 0 saturated carbocycles. The number of aromatic nitrogens is 3. The van der Waals surface area contributed by atoms with E-state index in [1.165, 1.54) is 28.0 Å². The van der Waals surface area contributed by atoms with E-state index in [0.29, 0.717) is 22.3 Å². The van der Waals surface area contributed by atoms with E-state index >= 15 is 0 Å². The van der Waals surface area contributed by atoms with E-state index in [-0.39, 0.29) is 23.0 Å². The number of thiophene rings is 1. The summed E-state index contributed by atoms with van der Waals surface area (Å²) in [5.41, 5.74) is 1.45. The molecular formula is C19H26N4O3S2. The number of fused-ring (bicyclic) bond motifs is 1. The minimum absolute atomic E-state index is 0.126.